The summed E-state index contributed by atoms with van der Waals surface area (Å²) >= 11 is 0. The van der Waals surface area contributed by atoms with Crippen molar-refractivity contribution in [3.8, 4) is 0 Å². The summed E-state index contributed by atoms with van der Waals surface area (Å²) in [5, 5.41) is 0.639. The Bertz CT molecular complexity index is 1020. The van der Waals surface area contributed by atoms with Gasteiger partial charge in [-0.15, -0.1) is 0 Å². The lowest BCUT2D eigenvalue weighted by atomic mass is 10.1. The Morgan fingerprint density at radius 3 is 2.89 bits per heavy atom. The van der Waals surface area contributed by atoms with E-state index in [1.54, 1.807) is 17.9 Å². The van der Waals surface area contributed by atoms with Crippen LogP contribution < -0.4 is 10.5 Å². The molecule has 3 heterocycles. The van der Waals surface area contributed by atoms with E-state index in [1.165, 1.54) is 0 Å². The number of anilines is 1. The molecule has 0 saturated carbocycles. The zero-order chi connectivity index (χ0) is 18.8. The van der Waals surface area contributed by atoms with Gasteiger partial charge in [-0.25, -0.2) is 15.0 Å². The monoisotopic (exact) mass is 365 g/mol. The van der Waals surface area contributed by atoms with Gasteiger partial charge >= 0.3 is 0 Å². The second-order valence-electron chi connectivity index (χ2n) is 6.75. The minimum absolute atomic E-state index is 0.00784. The Morgan fingerprint density at radius 2 is 2.07 bits per heavy atom. The average molecular weight is 365 g/mol. The van der Waals surface area contributed by atoms with E-state index < -0.39 is 0 Å². The summed E-state index contributed by atoms with van der Waals surface area (Å²) in [6.07, 6.45) is 3.74. The Hall–Kier alpha value is -2.80. The fourth-order valence-corrected chi connectivity index (χ4v) is 3.75. The molecule has 1 saturated heterocycles. The van der Waals surface area contributed by atoms with Crippen molar-refractivity contribution in [1.29, 1.82) is 0 Å². The molecular weight excluding hydrogens is 342 g/mol. The molecule has 1 atom stereocenters. The van der Waals surface area contributed by atoms with Gasteiger partial charge in [-0.3, -0.25) is 9.36 Å². The van der Waals surface area contributed by atoms with Gasteiger partial charge in [-0.05, 0) is 38.0 Å². The number of aromatic nitrogens is 4. The van der Waals surface area contributed by atoms with E-state index in [9.17, 15) is 4.79 Å². The van der Waals surface area contributed by atoms with Crippen molar-refractivity contribution < 1.29 is 4.74 Å². The maximum Gasteiger partial charge on any atom is 0.261 e. The van der Waals surface area contributed by atoms with Crippen molar-refractivity contribution in [3.05, 3.63) is 58.5 Å². The van der Waals surface area contributed by atoms with Crippen molar-refractivity contribution in [2.75, 3.05) is 25.2 Å². The smallest absolute Gasteiger partial charge is 0.261 e. The highest BCUT2D eigenvalue weighted by atomic mass is 16.5. The van der Waals surface area contributed by atoms with Gasteiger partial charge in [-0.2, -0.15) is 0 Å². The van der Waals surface area contributed by atoms with Crippen molar-refractivity contribution in [3.63, 3.8) is 0 Å². The maximum absolute atomic E-state index is 13.1. The van der Waals surface area contributed by atoms with Gasteiger partial charge in [-0.1, -0.05) is 12.1 Å². The van der Waals surface area contributed by atoms with E-state index in [0.717, 1.165) is 42.4 Å². The van der Waals surface area contributed by atoms with E-state index in [4.69, 9.17) is 9.72 Å². The molecule has 1 fully saturated rings. The molecule has 0 bridgehead atoms. The summed E-state index contributed by atoms with van der Waals surface area (Å²) in [5.74, 6) is 2.40. The molecular formula is C20H23N5O2. The number of hydrogen-bond donors (Lipinski definition) is 0. The van der Waals surface area contributed by atoms with Crippen LogP contribution in [0.25, 0.3) is 10.9 Å². The third-order valence-corrected chi connectivity index (χ3v) is 5.02. The fourth-order valence-electron chi connectivity index (χ4n) is 3.75. The molecule has 7 heteroatoms. The van der Waals surface area contributed by atoms with Gasteiger partial charge in [0.2, 0.25) is 0 Å². The molecule has 4 rings (SSSR count). The van der Waals surface area contributed by atoms with E-state index in [0.29, 0.717) is 18.5 Å². The lowest BCUT2D eigenvalue weighted by Crippen LogP contribution is -2.33. The Balaban J connectivity index is 1.84. The predicted octanol–water partition coefficient (Wildman–Crippen LogP) is 2.48. The molecule has 0 radical (unpaired) electrons. The summed E-state index contributed by atoms with van der Waals surface area (Å²) in [6, 6.07) is 9.44. The first kappa shape index (κ1) is 17.6. The van der Waals surface area contributed by atoms with Crippen molar-refractivity contribution in [2.24, 2.45) is 0 Å². The number of nitrogens with zero attached hydrogens (tertiary/aromatic N) is 5. The maximum atomic E-state index is 13.1. The van der Waals surface area contributed by atoms with E-state index in [2.05, 4.69) is 14.9 Å². The Labute approximate surface area is 157 Å². The average Bonchev–Trinajstić information content (AvgIpc) is 3.17. The first-order valence-electron chi connectivity index (χ1n) is 9.24. The van der Waals surface area contributed by atoms with E-state index >= 15 is 0 Å². The first-order valence-corrected chi connectivity index (χ1v) is 9.24. The highest BCUT2D eigenvalue weighted by molar-refractivity contribution is 5.77. The molecule has 27 heavy (non-hydrogen) atoms. The standard InChI is InChI=1S/C20H23N5O2/c1-14-21-10-9-18(22-14)24-11-5-8-17(24)19-23-16-7-4-3-6-15(16)20(26)25(19)12-13-27-2/h3-4,6-7,9-10,17H,5,8,11-13H2,1-2H3. The molecule has 7 nitrogen and oxygen atoms in total. The summed E-state index contributed by atoms with van der Waals surface area (Å²) in [4.78, 5) is 29.0. The number of benzene rings is 1. The molecule has 0 spiro atoms. The van der Waals surface area contributed by atoms with Gasteiger partial charge in [0.25, 0.3) is 5.56 Å². The molecule has 140 valence electrons. The summed E-state index contributed by atoms with van der Waals surface area (Å²) < 4.78 is 7.00. The molecule has 2 aromatic heterocycles. The molecule has 0 amide bonds. The van der Waals surface area contributed by atoms with Crippen LogP contribution >= 0.6 is 0 Å². The quantitative estimate of drug-likeness (QED) is 0.692. The van der Waals surface area contributed by atoms with Crippen molar-refractivity contribution in [2.45, 2.75) is 32.4 Å². The summed E-state index contributed by atoms with van der Waals surface area (Å²) in [5.41, 5.74) is 0.718. The SMILES string of the molecule is COCCn1c(C2CCCN2c2ccnc(C)n2)nc2ccccc2c1=O. The summed E-state index contributed by atoms with van der Waals surface area (Å²) in [6.45, 7) is 3.72. The molecule has 1 aliphatic rings. The van der Waals surface area contributed by atoms with Gasteiger partial charge in [0.1, 0.15) is 17.5 Å². The van der Waals surface area contributed by atoms with E-state index in [-0.39, 0.29) is 11.6 Å². The lowest BCUT2D eigenvalue weighted by Gasteiger charge is -2.27. The Morgan fingerprint density at radius 1 is 1.22 bits per heavy atom. The lowest BCUT2D eigenvalue weighted by molar-refractivity contribution is 0.184. The highest BCUT2D eigenvalue weighted by Gasteiger charge is 2.31. The number of methoxy groups -OCH3 is 1. The second kappa shape index (κ2) is 7.44. The molecule has 1 unspecified atom stereocenters. The number of rotatable bonds is 5. The zero-order valence-corrected chi connectivity index (χ0v) is 15.6. The van der Waals surface area contributed by atoms with Crippen LogP contribution in [0.2, 0.25) is 0 Å². The van der Waals surface area contributed by atoms with Crippen LogP contribution in [0.5, 0.6) is 0 Å². The molecule has 1 aliphatic heterocycles. The summed E-state index contributed by atoms with van der Waals surface area (Å²) in [7, 11) is 1.64. The third-order valence-electron chi connectivity index (χ3n) is 5.02. The number of aryl methyl sites for hydroxylation is 1. The Kier molecular flexibility index (Phi) is 4.85. The van der Waals surface area contributed by atoms with Crippen LogP contribution in [-0.2, 0) is 11.3 Å². The van der Waals surface area contributed by atoms with Gasteiger partial charge in [0, 0.05) is 19.9 Å². The van der Waals surface area contributed by atoms with Gasteiger partial charge < -0.3 is 9.64 Å². The van der Waals surface area contributed by atoms with Crippen molar-refractivity contribution in [1.82, 2.24) is 19.5 Å². The zero-order valence-electron chi connectivity index (χ0n) is 15.6. The van der Waals surface area contributed by atoms with Crippen LogP contribution in [0.15, 0.2) is 41.3 Å². The minimum Gasteiger partial charge on any atom is -0.383 e. The first-order chi connectivity index (χ1) is 13.2. The number of hydrogen-bond acceptors (Lipinski definition) is 6. The van der Waals surface area contributed by atoms with Crippen molar-refractivity contribution >= 4 is 16.7 Å². The van der Waals surface area contributed by atoms with E-state index in [1.807, 2.05) is 37.3 Å². The van der Waals surface area contributed by atoms with Crippen LogP contribution in [0.1, 0.15) is 30.5 Å². The molecule has 0 N–H and O–H groups in total. The van der Waals surface area contributed by atoms with Gasteiger partial charge in [0.05, 0.1) is 30.1 Å². The van der Waals surface area contributed by atoms with Crippen LogP contribution in [0.4, 0.5) is 5.82 Å². The molecule has 1 aromatic carbocycles. The normalized spacial score (nSPS) is 17.0. The highest BCUT2D eigenvalue weighted by Crippen LogP contribution is 2.34. The van der Waals surface area contributed by atoms with Crippen LogP contribution in [-0.4, -0.2) is 39.8 Å². The van der Waals surface area contributed by atoms with Crippen LogP contribution in [0.3, 0.4) is 0 Å². The fraction of sp³-hybridized carbons (Fsp3) is 0.400. The largest absolute Gasteiger partial charge is 0.383 e. The number of fused-ring (bicyclic) bond motifs is 1. The van der Waals surface area contributed by atoms with Gasteiger partial charge in [0.15, 0.2) is 0 Å². The third kappa shape index (κ3) is 3.30. The molecule has 0 aliphatic carbocycles. The van der Waals surface area contributed by atoms with Crippen LogP contribution in [0, 0.1) is 6.92 Å². The number of para-hydroxylation sites is 1. The second-order valence-corrected chi connectivity index (χ2v) is 6.75. The topological polar surface area (TPSA) is 73.1 Å². The predicted molar refractivity (Wildman–Crippen MR) is 104 cm³/mol. The minimum atomic E-state index is -0.0154. The molecule has 3 aromatic rings. The number of ether oxygens (including phenoxy) is 1.